The Bertz CT molecular complexity index is 1320. The Morgan fingerprint density at radius 1 is 0.900 bits per heavy atom. The number of nitrogens with zero attached hydrogens (tertiary/aromatic N) is 3. The highest BCUT2D eigenvalue weighted by atomic mass is 32.1. The first-order valence-electron chi connectivity index (χ1n) is 9.77. The molecule has 2 N–H and O–H groups in total. The number of thiazole rings is 1. The van der Waals surface area contributed by atoms with Gasteiger partial charge in [-0.2, -0.15) is 0 Å². The molecule has 4 aromatic rings. The van der Waals surface area contributed by atoms with Gasteiger partial charge in [-0.15, -0.1) is 11.3 Å². The quantitative estimate of drug-likeness (QED) is 0.455. The molecule has 1 aliphatic rings. The molecule has 5 rings (SSSR count). The van der Waals surface area contributed by atoms with Crippen molar-refractivity contribution in [1.82, 2.24) is 15.0 Å². The maximum atomic E-state index is 13.4. The largest absolute Gasteiger partial charge is 0.368 e. The summed E-state index contributed by atoms with van der Waals surface area (Å²) in [4.78, 5) is 28.1. The van der Waals surface area contributed by atoms with Gasteiger partial charge >= 0.3 is 0 Å². The van der Waals surface area contributed by atoms with E-state index in [9.17, 15) is 4.79 Å². The van der Waals surface area contributed by atoms with Gasteiger partial charge in [0.15, 0.2) is 5.78 Å². The normalized spacial score (nSPS) is 12.2. The highest BCUT2D eigenvalue weighted by Crippen LogP contribution is 2.42. The number of carbonyl (C=O) groups excluding carboxylic acids is 1. The van der Waals surface area contributed by atoms with E-state index in [1.54, 1.807) is 11.3 Å². The summed E-state index contributed by atoms with van der Waals surface area (Å²) in [7, 11) is 0. The number of nitrogens with two attached hydrogens (primary N) is 1. The monoisotopic (exact) mass is 412 g/mol. The van der Waals surface area contributed by atoms with Crippen molar-refractivity contribution in [3.63, 3.8) is 0 Å². The Morgan fingerprint density at radius 2 is 1.63 bits per heavy atom. The molecule has 1 aliphatic carbocycles. The van der Waals surface area contributed by atoms with Crippen LogP contribution in [0.15, 0.2) is 42.5 Å². The van der Waals surface area contributed by atoms with Crippen molar-refractivity contribution in [2.45, 2.75) is 27.2 Å². The number of hydrogen-bond donors (Lipinski definition) is 1. The van der Waals surface area contributed by atoms with Crippen LogP contribution >= 0.6 is 11.3 Å². The SMILES string of the molecule is Cc1ccc(-c2nc(N)nc3c2C(=O)c2cccc(Cc4sc(C)nc4C)c2-3)cc1. The molecule has 0 atom stereocenters. The second-order valence-electron chi connectivity index (χ2n) is 7.61. The molecule has 0 aliphatic heterocycles. The van der Waals surface area contributed by atoms with Crippen LogP contribution in [-0.4, -0.2) is 20.7 Å². The Morgan fingerprint density at radius 3 is 2.33 bits per heavy atom. The van der Waals surface area contributed by atoms with Crippen LogP contribution in [0.3, 0.4) is 0 Å². The fourth-order valence-electron chi connectivity index (χ4n) is 4.06. The average Bonchev–Trinajstić information content (AvgIpc) is 3.18. The van der Waals surface area contributed by atoms with Gasteiger partial charge in [-0.1, -0.05) is 48.0 Å². The van der Waals surface area contributed by atoms with Gasteiger partial charge < -0.3 is 5.73 Å². The van der Waals surface area contributed by atoms with E-state index in [-0.39, 0.29) is 11.7 Å². The van der Waals surface area contributed by atoms with E-state index in [0.717, 1.165) is 33.0 Å². The molecule has 0 fully saturated rings. The topological polar surface area (TPSA) is 81.8 Å². The molecular formula is C24H20N4OS. The summed E-state index contributed by atoms with van der Waals surface area (Å²) in [5.74, 6) is 0.124. The van der Waals surface area contributed by atoms with E-state index in [4.69, 9.17) is 5.73 Å². The second kappa shape index (κ2) is 6.85. The second-order valence-corrected chi connectivity index (χ2v) is 8.89. The van der Waals surface area contributed by atoms with E-state index in [1.165, 1.54) is 4.88 Å². The summed E-state index contributed by atoms with van der Waals surface area (Å²) in [5, 5.41) is 1.04. The summed E-state index contributed by atoms with van der Waals surface area (Å²) >= 11 is 1.69. The third-order valence-electron chi connectivity index (χ3n) is 5.46. The molecule has 30 heavy (non-hydrogen) atoms. The Balaban J connectivity index is 1.71. The van der Waals surface area contributed by atoms with Crippen molar-refractivity contribution in [1.29, 1.82) is 0 Å². The van der Waals surface area contributed by atoms with Crippen LogP contribution in [-0.2, 0) is 6.42 Å². The summed E-state index contributed by atoms with van der Waals surface area (Å²) in [6.45, 7) is 6.06. The Labute approximate surface area is 178 Å². The third kappa shape index (κ3) is 2.92. The van der Waals surface area contributed by atoms with Crippen LogP contribution in [0.25, 0.3) is 22.5 Å². The van der Waals surface area contributed by atoms with Gasteiger partial charge in [0.2, 0.25) is 5.95 Å². The number of carbonyl (C=O) groups is 1. The predicted molar refractivity (Wildman–Crippen MR) is 120 cm³/mol. The molecule has 0 spiro atoms. The molecule has 0 saturated carbocycles. The van der Waals surface area contributed by atoms with Gasteiger partial charge in [-0.05, 0) is 26.3 Å². The lowest BCUT2D eigenvalue weighted by Crippen LogP contribution is -2.05. The van der Waals surface area contributed by atoms with E-state index in [0.29, 0.717) is 28.9 Å². The van der Waals surface area contributed by atoms with Crippen LogP contribution in [0.2, 0.25) is 0 Å². The van der Waals surface area contributed by atoms with Crippen LogP contribution in [0.5, 0.6) is 0 Å². The number of hydrogen-bond acceptors (Lipinski definition) is 6. The lowest BCUT2D eigenvalue weighted by Gasteiger charge is -2.10. The van der Waals surface area contributed by atoms with Crippen molar-refractivity contribution in [3.8, 4) is 22.5 Å². The number of nitrogen functional groups attached to an aromatic ring is 1. The third-order valence-corrected chi connectivity index (χ3v) is 6.53. The molecule has 6 heteroatoms. The Hall–Kier alpha value is -3.38. The molecular weight excluding hydrogens is 392 g/mol. The zero-order valence-electron chi connectivity index (χ0n) is 17.0. The highest BCUT2D eigenvalue weighted by molar-refractivity contribution is 7.11. The lowest BCUT2D eigenvalue weighted by atomic mass is 9.99. The van der Waals surface area contributed by atoms with Gasteiger partial charge in [-0.3, -0.25) is 4.79 Å². The van der Waals surface area contributed by atoms with Gasteiger partial charge in [0.25, 0.3) is 0 Å². The number of rotatable bonds is 3. The van der Waals surface area contributed by atoms with Gasteiger partial charge in [0, 0.05) is 28.0 Å². The fourth-order valence-corrected chi connectivity index (χ4v) is 5.02. The lowest BCUT2D eigenvalue weighted by molar-refractivity contribution is 0.104. The standard InChI is InChI=1S/C24H20N4OS/c1-12-7-9-15(10-8-12)21-20-22(28-24(25)27-21)19-16(5-4-6-17(19)23(20)29)11-18-13(2)26-14(3)30-18/h4-10H,11H2,1-3H3,(H2,25,27,28). The van der Waals surface area contributed by atoms with E-state index in [2.05, 4.69) is 21.0 Å². The number of benzene rings is 2. The first-order chi connectivity index (χ1) is 14.4. The molecule has 0 bridgehead atoms. The molecule has 2 aromatic carbocycles. The first kappa shape index (κ1) is 18.6. The van der Waals surface area contributed by atoms with Gasteiger partial charge in [0.05, 0.1) is 27.7 Å². The van der Waals surface area contributed by atoms with Crippen LogP contribution < -0.4 is 5.73 Å². The number of anilines is 1. The molecule has 0 saturated heterocycles. The van der Waals surface area contributed by atoms with Crippen molar-refractivity contribution in [2.24, 2.45) is 0 Å². The van der Waals surface area contributed by atoms with Gasteiger partial charge in [-0.25, -0.2) is 15.0 Å². The van der Waals surface area contributed by atoms with Gasteiger partial charge in [0.1, 0.15) is 0 Å². The molecule has 0 radical (unpaired) electrons. The molecule has 2 heterocycles. The molecule has 0 unspecified atom stereocenters. The summed E-state index contributed by atoms with van der Waals surface area (Å²) in [5.41, 5.74) is 13.5. The minimum absolute atomic E-state index is 0.0466. The van der Waals surface area contributed by atoms with E-state index >= 15 is 0 Å². The molecule has 148 valence electrons. The van der Waals surface area contributed by atoms with E-state index < -0.39 is 0 Å². The molecule has 0 amide bonds. The highest BCUT2D eigenvalue weighted by Gasteiger charge is 2.34. The molecule has 2 aromatic heterocycles. The summed E-state index contributed by atoms with van der Waals surface area (Å²) in [6, 6.07) is 13.8. The zero-order chi connectivity index (χ0) is 21.0. The average molecular weight is 413 g/mol. The van der Waals surface area contributed by atoms with Crippen molar-refractivity contribution in [2.75, 3.05) is 5.73 Å². The fraction of sp³-hybridized carbons (Fsp3) is 0.167. The van der Waals surface area contributed by atoms with E-state index in [1.807, 2.05) is 57.2 Å². The smallest absolute Gasteiger partial charge is 0.221 e. The van der Waals surface area contributed by atoms with Crippen LogP contribution in [0.1, 0.15) is 42.6 Å². The maximum absolute atomic E-state index is 13.4. The zero-order valence-corrected chi connectivity index (χ0v) is 17.8. The minimum Gasteiger partial charge on any atom is -0.368 e. The number of fused-ring (bicyclic) bond motifs is 3. The predicted octanol–water partition coefficient (Wildman–Crippen LogP) is 4.91. The van der Waals surface area contributed by atoms with Crippen molar-refractivity contribution in [3.05, 3.63) is 80.3 Å². The van der Waals surface area contributed by atoms with Crippen LogP contribution in [0.4, 0.5) is 5.95 Å². The molecule has 5 nitrogen and oxygen atoms in total. The number of aromatic nitrogens is 3. The minimum atomic E-state index is -0.0466. The van der Waals surface area contributed by atoms with Crippen LogP contribution in [0, 0.1) is 20.8 Å². The summed E-state index contributed by atoms with van der Waals surface area (Å²) in [6.07, 6.45) is 0.705. The number of ketones is 1. The van der Waals surface area contributed by atoms with Crippen molar-refractivity contribution < 1.29 is 4.79 Å². The Kier molecular flexibility index (Phi) is 4.25. The number of aryl methyl sites for hydroxylation is 3. The van der Waals surface area contributed by atoms with Crippen molar-refractivity contribution >= 4 is 23.1 Å². The maximum Gasteiger partial charge on any atom is 0.221 e. The summed E-state index contributed by atoms with van der Waals surface area (Å²) < 4.78 is 0. The first-order valence-corrected chi connectivity index (χ1v) is 10.6.